The average Bonchev–Trinajstić information content (AvgIpc) is 3.34. The van der Waals surface area contributed by atoms with Gasteiger partial charge in [-0.25, -0.2) is 4.79 Å². The number of rotatable bonds is 7. The highest BCUT2D eigenvalue weighted by atomic mass is 32.2. The molecule has 1 aliphatic heterocycles. The van der Waals surface area contributed by atoms with E-state index in [2.05, 4.69) is 10.3 Å². The first kappa shape index (κ1) is 18.8. The Morgan fingerprint density at radius 2 is 2.14 bits per heavy atom. The van der Waals surface area contributed by atoms with Gasteiger partial charge < -0.3 is 19.9 Å². The Morgan fingerprint density at radius 1 is 1.29 bits per heavy atom. The lowest BCUT2D eigenvalue weighted by Crippen LogP contribution is -2.28. The number of carbonyl (C=O) groups excluding carboxylic acids is 1. The second-order valence-corrected chi connectivity index (χ2v) is 7.58. The Labute approximate surface area is 165 Å². The number of ether oxygens (including phenoxy) is 2. The minimum absolute atomic E-state index is 0.0394. The molecule has 1 aromatic heterocycles. The second-order valence-electron chi connectivity index (χ2n) is 6.61. The van der Waals surface area contributed by atoms with Gasteiger partial charge in [0, 0.05) is 36.2 Å². The summed E-state index contributed by atoms with van der Waals surface area (Å²) in [7, 11) is 0. The van der Waals surface area contributed by atoms with Crippen LogP contribution in [0.4, 0.5) is 5.69 Å². The number of aliphatic hydroxyl groups is 1. The van der Waals surface area contributed by atoms with Crippen molar-refractivity contribution < 1.29 is 19.4 Å². The van der Waals surface area contributed by atoms with Gasteiger partial charge in [-0.05, 0) is 37.8 Å². The maximum Gasteiger partial charge on any atom is 0.348 e. The van der Waals surface area contributed by atoms with E-state index in [1.165, 1.54) is 11.8 Å². The highest BCUT2D eigenvalue weighted by Gasteiger charge is 2.22. The van der Waals surface area contributed by atoms with E-state index in [4.69, 9.17) is 14.6 Å². The Morgan fingerprint density at radius 3 is 3.00 bits per heavy atom. The van der Waals surface area contributed by atoms with Crippen LogP contribution in [0.15, 0.2) is 28.0 Å². The van der Waals surface area contributed by atoms with Crippen LogP contribution >= 0.6 is 11.8 Å². The lowest BCUT2D eigenvalue weighted by Gasteiger charge is -2.13. The molecule has 2 heterocycles. The number of fused-ring (bicyclic) bond motifs is 2. The van der Waals surface area contributed by atoms with Gasteiger partial charge in [0.1, 0.15) is 5.03 Å². The summed E-state index contributed by atoms with van der Waals surface area (Å²) >= 11 is 1.28. The zero-order valence-electron chi connectivity index (χ0n) is 15.3. The normalized spacial score (nSPS) is 14.2. The van der Waals surface area contributed by atoms with Crippen molar-refractivity contribution in [2.24, 2.45) is 0 Å². The molecule has 2 N–H and O–H groups in total. The van der Waals surface area contributed by atoms with E-state index < -0.39 is 0 Å². The number of amides is 1. The molecule has 28 heavy (non-hydrogen) atoms. The van der Waals surface area contributed by atoms with Crippen LogP contribution < -0.4 is 20.5 Å². The van der Waals surface area contributed by atoms with E-state index in [0.717, 1.165) is 30.5 Å². The predicted octanol–water partition coefficient (Wildman–Crippen LogP) is 1.57. The summed E-state index contributed by atoms with van der Waals surface area (Å²) in [5.41, 5.74) is 2.37. The Balaban J connectivity index is 1.43. The number of anilines is 1. The largest absolute Gasteiger partial charge is 0.454 e. The van der Waals surface area contributed by atoms with E-state index in [1.807, 2.05) is 0 Å². The molecule has 148 valence electrons. The molecule has 0 saturated heterocycles. The van der Waals surface area contributed by atoms with Gasteiger partial charge in [-0.2, -0.15) is 4.98 Å². The van der Waals surface area contributed by atoms with E-state index in [-0.39, 0.29) is 30.7 Å². The molecule has 1 amide bonds. The second kappa shape index (κ2) is 8.24. The van der Waals surface area contributed by atoms with Crippen LogP contribution in [-0.4, -0.2) is 39.7 Å². The van der Waals surface area contributed by atoms with E-state index >= 15 is 0 Å². The summed E-state index contributed by atoms with van der Waals surface area (Å²) in [5.74, 6) is 1.25. The summed E-state index contributed by atoms with van der Waals surface area (Å²) in [5, 5.41) is 12.5. The fraction of sp³-hybridized carbons (Fsp3) is 0.421. The van der Waals surface area contributed by atoms with Crippen LogP contribution in [0.2, 0.25) is 0 Å². The van der Waals surface area contributed by atoms with Gasteiger partial charge in [0.15, 0.2) is 11.5 Å². The summed E-state index contributed by atoms with van der Waals surface area (Å²) in [6.45, 7) is 0.696. The van der Waals surface area contributed by atoms with Crippen molar-refractivity contribution in [1.82, 2.24) is 9.55 Å². The fourth-order valence-electron chi connectivity index (χ4n) is 3.47. The van der Waals surface area contributed by atoms with Crippen LogP contribution in [0.5, 0.6) is 11.5 Å². The minimum atomic E-state index is -0.312. The number of aliphatic hydroxyl groups excluding tert-OH is 1. The lowest BCUT2D eigenvalue weighted by molar-refractivity contribution is -0.113. The smallest absolute Gasteiger partial charge is 0.348 e. The molecule has 0 saturated carbocycles. The molecule has 2 aromatic rings. The molecule has 8 nitrogen and oxygen atoms in total. The van der Waals surface area contributed by atoms with Gasteiger partial charge in [-0.3, -0.25) is 9.36 Å². The highest BCUT2D eigenvalue weighted by Crippen LogP contribution is 2.34. The van der Waals surface area contributed by atoms with Gasteiger partial charge in [-0.1, -0.05) is 11.8 Å². The monoisotopic (exact) mass is 403 g/mol. The molecule has 4 rings (SSSR count). The number of nitrogens with zero attached hydrogens (tertiary/aromatic N) is 2. The van der Waals surface area contributed by atoms with Gasteiger partial charge in [0.05, 0.1) is 5.75 Å². The molecular formula is C19H21N3O5S. The molecule has 0 bridgehead atoms. The average molecular weight is 403 g/mol. The third-order valence-electron chi connectivity index (χ3n) is 4.74. The first-order valence-electron chi connectivity index (χ1n) is 9.21. The SMILES string of the molecule is O=C(CSc1nc(=O)n(CCCO)c2c1CCC2)Nc1ccc2c(c1)OCO2. The lowest BCUT2D eigenvalue weighted by atomic mass is 10.2. The molecular weight excluding hydrogens is 382 g/mol. The number of hydrogen-bond acceptors (Lipinski definition) is 7. The van der Waals surface area contributed by atoms with Crippen molar-refractivity contribution in [3.8, 4) is 11.5 Å². The van der Waals surface area contributed by atoms with Crippen molar-refractivity contribution in [2.45, 2.75) is 37.3 Å². The minimum Gasteiger partial charge on any atom is -0.454 e. The first-order valence-corrected chi connectivity index (χ1v) is 10.2. The zero-order valence-corrected chi connectivity index (χ0v) is 16.1. The van der Waals surface area contributed by atoms with Crippen molar-refractivity contribution in [3.05, 3.63) is 39.9 Å². The van der Waals surface area contributed by atoms with Crippen molar-refractivity contribution >= 4 is 23.4 Å². The van der Waals surface area contributed by atoms with Gasteiger partial charge >= 0.3 is 5.69 Å². The van der Waals surface area contributed by atoms with Crippen LogP contribution in [-0.2, 0) is 24.2 Å². The molecule has 1 aromatic carbocycles. The van der Waals surface area contributed by atoms with Crippen molar-refractivity contribution in [2.75, 3.05) is 24.5 Å². The van der Waals surface area contributed by atoms with Crippen LogP contribution in [0.25, 0.3) is 0 Å². The quantitative estimate of drug-likeness (QED) is 0.534. The molecule has 0 atom stereocenters. The number of carbonyl (C=O) groups is 1. The Hall–Kier alpha value is -2.52. The molecule has 0 fully saturated rings. The summed E-state index contributed by atoms with van der Waals surface area (Å²) in [6, 6.07) is 5.24. The predicted molar refractivity (Wildman–Crippen MR) is 104 cm³/mol. The van der Waals surface area contributed by atoms with Crippen LogP contribution in [0.1, 0.15) is 24.1 Å². The number of nitrogens with one attached hydrogen (secondary N) is 1. The van der Waals surface area contributed by atoms with E-state index in [0.29, 0.717) is 35.2 Å². The fourth-order valence-corrected chi connectivity index (χ4v) is 4.35. The maximum absolute atomic E-state index is 12.4. The molecule has 0 unspecified atom stereocenters. The Bertz CT molecular complexity index is 959. The topological polar surface area (TPSA) is 103 Å². The van der Waals surface area contributed by atoms with E-state index in [1.54, 1.807) is 22.8 Å². The molecule has 0 spiro atoms. The highest BCUT2D eigenvalue weighted by molar-refractivity contribution is 8.00. The summed E-state index contributed by atoms with van der Waals surface area (Å²) in [4.78, 5) is 28.9. The van der Waals surface area contributed by atoms with Gasteiger partial charge in [0.2, 0.25) is 12.7 Å². The molecule has 9 heteroatoms. The number of thioether (sulfide) groups is 1. The third-order valence-corrected chi connectivity index (χ3v) is 5.75. The van der Waals surface area contributed by atoms with Gasteiger partial charge in [-0.15, -0.1) is 0 Å². The molecule has 2 aliphatic rings. The van der Waals surface area contributed by atoms with Crippen LogP contribution in [0, 0.1) is 0 Å². The number of benzene rings is 1. The third kappa shape index (κ3) is 3.85. The maximum atomic E-state index is 12.4. The summed E-state index contributed by atoms with van der Waals surface area (Å²) in [6.07, 6.45) is 3.18. The first-order chi connectivity index (χ1) is 13.7. The van der Waals surface area contributed by atoms with E-state index in [9.17, 15) is 9.59 Å². The standard InChI is InChI=1S/C19H21N3O5S/c23-8-2-7-22-14-4-1-3-13(14)18(21-19(22)25)28-10-17(24)20-12-5-6-15-16(9-12)27-11-26-15/h5-6,9,23H,1-4,7-8,10-11H2,(H,20,24). The van der Waals surface area contributed by atoms with Crippen LogP contribution in [0.3, 0.4) is 0 Å². The van der Waals surface area contributed by atoms with Crippen molar-refractivity contribution in [3.63, 3.8) is 0 Å². The molecule has 0 radical (unpaired) electrons. The van der Waals surface area contributed by atoms with Gasteiger partial charge in [0.25, 0.3) is 0 Å². The zero-order chi connectivity index (χ0) is 19.5. The number of aromatic nitrogens is 2. The summed E-state index contributed by atoms with van der Waals surface area (Å²) < 4.78 is 12.2. The molecule has 1 aliphatic carbocycles. The van der Waals surface area contributed by atoms with Crippen molar-refractivity contribution in [1.29, 1.82) is 0 Å². The Kier molecular flexibility index (Phi) is 5.54. The number of hydrogen-bond donors (Lipinski definition) is 2.